The topological polar surface area (TPSA) is 206 Å². The number of alkyl carbamates (subject to hydrolysis) is 3. The summed E-state index contributed by atoms with van der Waals surface area (Å²) >= 11 is 0. The Hall–Kier alpha value is -4.01. The molecule has 0 heterocycles. The Morgan fingerprint density at radius 3 is 1.59 bits per heavy atom. The lowest BCUT2D eigenvalue weighted by molar-refractivity contribution is -0.138. The van der Waals surface area contributed by atoms with Gasteiger partial charge in [0.2, 0.25) is 5.91 Å². The highest BCUT2D eigenvalue weighted by Crippen LogP contribution is 2.47. The Morgan fingerprint density at radius 1 is 0.594 bits per heavy atom. The third-order valence-electron chi connectivity index (χ3n) is 11.2. The fourth-order valence-corrected chi connectivity index (χ4v) is 18.0. The van der Waals surface area contributed by atoms with Crippen molar-refractivity contribution in [1.29, 1.82) is 0 Å². The average molecular weight is 939 g/mol. The number of hydrogen-bond donors (Lipinski definition) is 4. The SMILES string of the molecule is C=C.C=CC(=O)CC(=O)NC1CC(C)(C)CC(C)(CNC(=O)OCC[Si](C)(C)O[Si](C)(C)CCCOCCOC(=O)NCC2(C)CC(NC(=O)OCCOC(=O)C=C)CC(C)(C)C2)C1. The van der Waals surface area contributed by atoms with E-state index in [2.05, 4.69) is 115 Å². The Bertz CT molecular complexity index is 1570. The minimum atomic E-state index is -2.14. The van der Waals surface area contributed by atoms with E-state index in [1.165, 1.54) is 0 Å². The van der Waals surface area contributed by atoms with Crippen molar-refractivity contribution in [2.45, 2.75) is 143 Å². The van der Waals surface area contributed by atoms with Gasteiger partial charge in [-0.1, -0.05) is 54.7 Å². The van der Waals surface area contributed by atoms with Gasteiger partial charge in [0.15, 0.2) is 22.4 Å². The summed E-state index contributed by atoms with van der Waals surface area (Å²) in [7, 11) is -4.18. The van der Waals surface area contributed by atoms with Crippen molar-refractivity contribution in [1.82, 2.24) is 21.3 Å². The molecule has 2 rings (SSSR count). The molecule has 0 saturated heterocycles. The van der Waals surface area contributed by atoms with Gasteiger partial charge in [-0.25, -0.2) is 19.2 Å². The van der Waals surface area contributed by atoms with Crippen molar-refractivity contribution in [3.63, 3.8) is 0 Å². The van der Waals surface area contributed by atoms with Crippen LogP contribution >= 0.6 is 0 Å². The van der Waals surface area contributed by atoms with Crippen LogP contribution in [0.1, 0.15) is 92.9 Å². The molecule has 2 fully saturated rings. The molecule has 0 aromatic rings. The van der Waals surface area contributed by atoms with Crippen molar-refractivity contribution in [3.05, 3.63) is 38.5 Å². The quantitative estimate of drug-likeness (QED) is 0.0131. The van der Waals surface area contributed by atoms with E-state index in [0.717, 1.165) is 50.3 Å². The van der Waals surface area contributed by atoms with Crippen LogP contribution in [0.25, 0.3) is 0 Å². The predicted molar refractivity (Wildman–Crippen MR) is 254 cm³/mol. The highest BCUT2D eigenvalue weighted by Gasteiger charge is 2.43. The molecular formula is C46H82N4O12Si2. The van der Waals surface area contributed by atoms with Gasteiger partial charge in [0, 0.05) is 37.9 Å². The van der Waals surface area contributed by atoms with Crippen LogP contribution in [0, 0.1) is 21.7 Å². The number of nitrogens with one attached hydrogen (secondary N) is 4. The highest BCUT2D eigenvalue weighted by atomic mass is 28.4. The Labute approximate surface area is 385 Å². The molecule has 0 radical (unpaired) electrons. The maximum absolute atomic E-state index is 12.7. The Kier molecular flexibility index (Phi) is 24.3. The van der Waals surface area contributed by atoms with Crippen LogP contribution in [0.2, 0.25) is 38.3 Å². The number of carbonyl (C=O) groups is 6. The molecule has 18 heteroatoms. The molecule has 4 unspecified atom stereocenters. The summed E-state index contributed by atoms with van der Waals surface area (Å²) in [5.74, 6) is -1.21. The number of rotatable bonds is 25. The van der Waals surface area contributed by atoms with Gasteiger partial charge in [-0.2, -0.15) is 0 Å². The van der Waals surface area contributed by atoms with Gasteiger partial charge in [0.1, 0.15) is 19.8 Å². The zero-order valence-corrected chi connectivity index (χ0v) is 42.8. The fraction of sp³-hybridized carbons (Fsp3) is 0.739. The van der Waals surface area contributed by atoms with E-state index in [9.17, 15) is 28.8 Å². The van der Waals surface area contributed by atoms with E-state index in [-0.39, 0.29) is 84.9 Å². The summed E-state index contributed by atoms with van der Waals surface area (Å²) < 4.78 is 33.4. The second kappa shape index (κ2) is 26.8. The number of hydrogen-bond acceptors (Lipinski definition) is 12. The highest BCUT2D eigenvalue weighted by molar-refractivity contribution is 6.84. The molecule has 4 amide bonds. The molecule has 64 heavy (non-hydrogen) atoms. The zero-order valence-electron chi connectivity index (χ0n) is 40.8. The summed E-state index contributed by atoms with van der Waals surface area (Å²) in [6, 6.07) is 1.29. The third kappa shape index (κ3) is 24.9. The number of ether oxygens (including phenoxy) is 5. The first-order valence-electron chi connectivity index (χ1n) is 22.4. The van der Waals surface area contributed by atoms with E-state index in [0.29, 0.717) is 38.6 Å². The normalized spacial score (nSPS) is 22.5. The van der Waals surface area contributed by atoms with Crippen LogP contribution in [0.4, 0.5) is 14.4 Å². The van der Waals surface area contributed by atoms with Gasteiger partial charge >= 0.3 is 24.2 Å². The standard InChI is InChI=1S/C44H78N4O12Si2.C2H4/c1-13-35(49)24-36(50)47-33-25-41(3,4)29-43(7,27-33)31-46-39(53)59-21-23-62(11,12)60-61(9,10)22-15-16-55-17-18-57-38(52)45-32-44(8)28-34(26-42(5,6)30-44)48-40(54)58-20-19-56-37(51)14-2;1-2/h13-14,33-34H,1-2,15-32H2,3-12H3,(H,45,52)(H,46,53)(H,47,50)(H,48,54);1-2H2. The van der Waals surface area contributed by atoms with Gasteiger partial charge in [-0.15, -0.1) is 13.2 Å². The van der Waals surface area contributed by atoms with Crippen molar-refractivity contribution >= 4 is 52.6 Å². The fourth-order valence-electron chi connectivity index (χ4n) is 9.60. The molecular weight excluding hydrogens is 857 g/mol. The second-order valence-electron chi connectivity index (χ2n) is 20.6. The number of esters is 1. The first kappa shape index (κ1) is 58.0. The van der Waals surface area contributed by atoms with Crippen LogP contribution in [-0.2, 0) is 42.2 Å². The minimum absolute atomic E-state index is 0.0568. The smallest absolute Gasteiger partial charge is 0.407 e. The van der Waals surface area contributed by atoms with Crippen molar-refractivity contribution in [2.24, 2.45) is 21.7 Å². The molecule has 0 spiro atoms. The first-order chi connectivity index (χ1) is 29.7. The van der Waals surface area contributed by atoms with Crippen LogP contribution < -0.4 is 21.3 Å². The summed E-state index contributed by atoms with van der Waals surface area (Å²) in [6.07, 6.45) is 5.79. The van der Waals surface area contributed by atoms with Crippen molar-refractivity contribution in [3.8, 4) is 0 Å². The molecule has 16 nitrogen and oxygen atoms in total. The Balaban J connectivity index is 0.0000101. The van der Waals surface area contributed by atoms with E-state index in [1.54, 1.807) is 0 Å². The lowest BCUT2D eigenvalue weighted by Crippen LogP contribution is -2.50. The van der Waals surface area contributed by atoms with Gasteiger partial charge < -0.3 is 49.1 Å². The predicted octanol–water partition coefficient (Wildman–Crippen LogP) is 7.96. The van der Waals surface area contributed by atoms with Gasteiger partial charge in [0.25, 0.3) is 0 Å². The zero-order chi connectivity index (χ0) is 48.8. The summed E-state index contributed by atoms with van der Waals surface area (Å²) in [4.78, 5) is 72.9. The summed E-state index contributed by atoms with van der Waals surface area (Å²) in [6.45, 7) is 36.0. The lowest BCUT2D eigenvalue weighted by Gasteiger charge is -2.46. The van der Waals surface area contributed by atoms with Gasteiger partial charge in [-0.05, 0) is 111 Å². The van der Waals surface area contributed by atoms with E-state index in [4.69, 9.17) is 27.8 Å². The molecule has 0 aliphatic heterocycles. The summed E-state index contributed by atoms with van der Waals surface area (Å²) in [5, 5.41) is 11.8. The van der Waals surface area contributed by atoms with Gasteiger partial charge in [0.05, 0.1) is 19.6 Å². The monoisotopic (exact) mass is 939 g/mol. The second-order valence-corrected chi connectivity index (χ2v) is 29.5. The van der Waals surface area contributed by atoms with Crippen LogP contribution in [0.15, 0.2) is 38.5 Å². The third-order valence-corrected chi connectivity index (χ3v) is 18.6. The molecule has 2 saturated carbocycles. The average Bonchev–Trinajstić information content (AvgIpc) is 3.16. The molecule has 0 aromatic heterocycles. The van der Waals surface area contributed by atoms with E-state index < -0.39 is 40.9 Å². The molecule has 0 bridgehead atoms. The number of amides is 4. The molecule has 366 valence electrons. The maximum atomic E-state index is 12.7. The largest absolute Gasteiger partial charge is 0.459 e. The van der Waals surface area contributed by atoms with Gasteiger partial charge in [-0.3, -0.25) is 9.59 Å². The lowest BCUT2D eigenvalue weighted by atomic mass is 9.62. The molecule has 4 atom stereocenters. The minimum Gasteiger partial charge on any atom is -0.459 e. The number of allylic oxidation sites excluding steroid dienone is 1. The molecule has 2 aliphatic carbocycles. The van der Waals surface area contributed by atoms with Crippen LogP contribution in [0.3, 0.4) is 0 Å². The Morgan fingerprint density at radius 2 is 1.06 bits per heavy atom. The van der Waals surface area contributed by atoms with Crippen molar-refractivity contribution < 1.29 is 56.6 Å². The molecule has 4 N–H and O–H groups in total. The number of ketones is 1. The summed E-state index contributed by atoms with van der Waals surface area (Å²) in [5.41, 5.74) is -0.694. The molecule has 0 aromatic carbocycles. The van der Waals surface area contributed by atoms with Crippen molar-refractivity contribution in [2.75, 3.05) is 52.7 Å². The van der Waals surface area contributed by atoms with Crippen LogP contribution in [-0.4, -0.2) is 117 Å². The number of carbonyl (C=O) groups excluding carboxylic acids is 6. The van der Waals surface area contributed by atoms with E-state index >= 15 is 0 Å². The maximum Gasteiger partial charge on any atom is 0.407 e. The van der Waals surface area contributed by atoms with Crippen LogP contribution in [0.5, 0.6) is 0 Å². The first-order valence-corrected chi connectivity index (χ1v) is 28.7. The molecule has 2 aliphatic rings. The van der Waals surface area contributed by atoms with E-state index in [1.807, 2.05) is 0 Å².